The number of guanidine groups is 1. The molecule has 5 nitrogen and oxygen atoms in total. The van der Waals surface area contributed by atoms with Crippen LogP contribution < -0.4 is 15.4 Å². The van der Waals surface area contributed by atoms with Crippen LogP contribution in [-0.2, 0) is 6.54 Å². The van der Waals surface area contributed by atoms with Gasteiger partial charge in [0, 0.05) is 12.7 Å². The van der Waals surface area contributed by atoms with Crippen LogP contribution >= 0.6 is 0 Å². The van der Waals surface area contributed by atoms with Gasteiger partial charge in [0.05, 0.1) is 18.8 Å². The number of aromatic nitrogens is 1. The summed E-state index contributed by atoms with van der Waals surface area (Å²) in [5, 5.41) is 6.52. The van der Waals surface area contributed by atoms with Gasteiger partial charge in [0.25, 0.3) is 0 Å². The monoisotopic (exact) mass is 326 g/mol. The molecule has 2 aromatic rings. The first kappa shape index (κ1) is 17.8. The molecule has 2 rings (SSSR count). The molecule has 0 radical (unpaired) electrons. The second-order valence-electron chi connectivity index (χ2n) is 5.51. The fourth-order valence-corrected chi connectivity index (χ4v) is 2.34. The van der Waals surface area contributed by atoms with Gasteiger partial charge in [0.1, 0.15) is 12.4 Å². The van der Waals surface area contributed by atoms with Crippen LogP contribution in [0.3, 0.4) is 0 Å². The summed E-state index contributed by atoms with van der Waals surface area (Å²) in [4.78, 5) is 8.82. The first-order chi connectivity index (χ1) is 11.7. The third-order valence-electron chi connectivity index (χ3n) is 3.52. The van der Waals surface area contributed by atoms with Gasteiger partial charge in [-0.1, -0.05) is 24.3 Å². The van der Waals surface area contributed by atoms with Crippen LogP contribution in [0.4, 0.5) is 0 Å². The predicted molar refractivity (Wildman–Crippen MR) is 98.5 cm³/mol. The Morgan fingerprint density at radius 3 is 2.54 bits per heavy atom. The number of aliphatic imine (C=N–C) groups is 1. The van der Waals surface area contributed by atoms with Crippen LogP contribution in [0.2, 0.25) is 0 Å². The number of para-hydroxylation sites is 1. The lowest BCUT2D eigenvalue weighted by Crippen LogP contribution is -2.39. The first-order valence-corrected chi connectivity index (χ1v) is 8.31. The van der Waals surface area contributed by atoms with Crippen LogP contribution in [-0.4, -0.2) is 30.6 Å². The number of nitrogens with one attached hydrogen (secondary N) is 2. The Balaban J connectivity index is 1.83. The molecule has 5 heteroatoms. The van der Waals surface area contributed by atoms with Crippen molar-refractivity contribution in [2.75, 3.05) is 19.7 Å². The van der Waals surface area contributed by atoms with Gasteiger partial charge in [-0.25, -0.2) is 4.99 Å². The highest BCUT2D eigenvalue weighted by Crippen LogP contribution is 2.21. The topological polar surface area (TPSA) is 58.5 Å². The third kappa shape index (κ3) is 5.57. The Morgan fingerprint density at radius 2 is 1.88 bits per heavy atom. The quantitative estimate of drug-likeness (QED) is 0.467. The van der Waals surface area contributed by atoms with E-state index in [1.54, 1.807) is 6.20 Å². The van der Waals surface area contributed by atoms with Crippen LogP contribution in [0.1, 0.15) is 23.7 Å². The summed E-state index contributed by atoms with van der Waals surface area (Å²) in [5.41, 5.74) is 3.26. The van der Waals surface area contributed by atoms with Gasteiger partial charge in [-0.05, 0) is 44.0 Å². The van der Waals surface area contributed by atoms with E-state index >= 15 is 0 Å². The molecular formula is C19H26N4O. The Hall–Kier alpha value is -2.56. The molecule has 0 saturated heterocycles. The maximum absolute atomic E-state index is 5.90. The Morgan fingerprint density at radius 1 is 1.08 bits per heavy atom. The Labute approximate surface area is 144 Å². The fraction of sp³-hybridized carbons (Fsp3) is 0.368. The van der Waals surface area contributed by atoms with E-state index in [0.29, 0.717) is 19.7 Å². The highest BCUT2D eigenvalue weighted by molar-refractivity contribution is 5.79. The molecule has 0 unspecified atom stereocenters. The van der Waals surface area contributed by atoms with Crippen molar-refractivity contribution in [2.24, 2.45) is 4.99 Å². The molecule has 0 bridgehead atoms. The second-order valence-corrected chi connectivity index (χ2v) is 5.51. The fourth-order valence-electron chi connectivity index (χ4n) is 2.34. The summed E-state index contributed by atoms with van der Waals surface area (Å²) in [5.74, 6) is 1.74. The van der Waals surface area contributed by atoms with Gasteiger partial charge in [0.15, 0.2) is 5.96 Å². The maximum atomic E-state index is 5.90. The molecule has 0 atom stereocenters. The third-order valence-corrected chi connectivity index (χ3v) is 3.52. The maximum Gasteiger partial charge on any atom is 0.191 e. The van der Waals surface area contributed by atoms with Crippen molar-refractivity contribution >= 4 is 5.96 Å². The van der Waals surface area contributed by atoms with Crippen LogP contribution in [0, 0.1) is 13.8 Å². The van der Waals surface area contributed by atoms with E-state index in [-0.39, 0.29) is 0 Å². The van der Waals surface area contributed by atoms with E-state index in [9.17, 15) is 0 Å². The minimum atomic E-state index is 0.550. The van der Waals surface area contributed by atoms with Gasteiger partial charge in [0.2, 0.25) is 0 Å². The van der Waals surface area contributed by atoms with Crippen molar-refractivity contribution < 1.29 is 4.74 Å². The summed E-state index contributed by atoms with van der Waals surface area (Å²) >= 11 is 0. The summed E-state index contributed by atoms with van der Waals surface area (Å²) in [6.07, 6.45) is 1.78. The van der Waals surface area contributed by atoms with Crippen molar-refractivity contribution in [1.82, 2.24) is 15.6 Å². The van der Waals surface area contributed by atoms with Gasteiger partial charge in [-0.3, -0.25) is 4.98 Å². The molecule has 1 heterocycles. The van der Waals surface area contributed by atoms with E-state index in [1.807, 2.05) is 31.2 Å². The average Bonchev–Trinajstić information content (AvgIpc) is 2.59. The van der Waals surface area contributed by atoms with Crippen LogP contribution in [0.25, 0.3) is 0 Å². The Bertz CT molecular complexity index is 635. The Kier molecular flexibility index (Phi) is 7.08. The highest BCUT2D eigenvalue weighted by atomic mass is 16.5. The number of aryl methyl sites for hydroxylation is 2. The minimum absolute atomic E-state index is 0.550. The molecule has 0 saturated carbocycles. The van der Waals surface area contributed by atoms with Gasteiger partial charge in [-0.2, -0.15) is 0 Å². The van der Waals surface area contributed by atoms with Gasteiger partial charge >= 0.3 is 0 Å². The molecule has 0 amide bonds. The standard InChI is InChI=1S/C19H26N4O/c1-4-20-19(23-14-17-10-5-6-11-21-17)22-12-13-24-18-15(2)8-7-9-16(18)3/h5-11H,4,12-14H2,1-3H3,(H2,20,22,23). The molecule has 1 aromatic heterocycles. The summed E-state index contributed by atoms with van der Waals surface area (Å²) in [6, 6.07) is 12.0. The van der Waals surface area contributed by atoms with Crippen molar-refractivity contribution in [2.45, 2.75) is 27.3 Å². The minimum Gasteiger partial charge on any atom is -0.491 e. The predicted octanol–water partition coefficient (Wildman–Crippen LogP) is 2.83. The SMILES string of the molecule is CCNC(=NCc1ccccn1)NCCOc1c(C)cccc1C. The smallest absolute Gasteiger partial charge is 0.191 e. The number of rotatable bonds is 7. The van der Waals surface area contributed by atoms with Crippen molar-refractivity contribution in [3.8, 4) is 5.75 Å². The number of benzene rings is 1. The van der Waals surface area contributed by atoms with Gasteiger partial charge < -0.3 is 15.4 Å². The summed E-state index contributed by atoms with van der Waals surface area (Å²) < 4.78 is 5.90. The molecule has 0 spiro atoms. The second kappa shape index (κ2) is 9.55. The van der Waals surface area contributed by atoms with Crippen molar-refractivity contribution in [1.29, 1.82) is 0 Å². The van der Waals surface area contributed by atoms with Gasteiger partial charge in [-0.15, -0.1) is 0 Å². The molecule has 0 aliphatic carbocycles. The molecule has 0 fully saturated rings. The molecule has 0 aliphatic heterocycles. The number of hydrogen-bond acceptors (Lipinski definition) is 3. The lowest BCUT2D eigenvalue weighted by atomic mass is 10.1. The summed E-state index contributed by atoms with van der Waals surface area (Å²) in [7, 11) is 0. The zero-order valence-electron chi connectivity index (χ0n) is 14.7. The normalized spacial score (nSPS) is 11.2. The van der Waals surface area contributed by atoms with E-state index in [4.69, 9.17) is 4.74 Å². The molecular weight excluding hydrogens is 300 g/mol. The molecule has 2 N–H and O–H groups in total. The van der Waals surface area contributed by atoms with E-state index < -0.39 is 0 Å². The zero-order valence-corrected chi connectivity index (χ0v) is 14.7. The lowest BCUT2D eigenvalue weighted by molar-refractivity contribution is 0.317. The average molecular weight is 326 g/mol. The van der Waals surface area contributed by atoms with Crippen molar-refractivity contribution in [3.05, 3.63) is 59.4 Å². The number of pyridine rings is 1. The molecule has 24 heavy (non-hydrogen) atoms. The summed E-state index contributed by atoms with van der Waals surface area (Å²) in [6.45, 7) is 8.80. The first-order valence-electron chi connectivity index (χ1n) is 8.31. The number of hydrogen-bond donors (Lipinski definition) is 2. The molecule has 0 aliphatic rings. The number of nitrogens with zero attached hydrogens (tertiary/aromatic N) is 2. The number of ether oxygens (including phenoxy) is 1. The van der Waals surface area contributed by atoms with Crippen molar-refractivity contribution in [3.63, 3.8) is 0 Å². The largest absolute Gasteiger partial charge is 0.491 e. The van der Waals surface area contributed by atoms with E-state index in [1.165, 1.54) is 0 Å². The lowest BCUT2D eigenvalue weighted by Gasteiger charge is -2.14. The highest BCUT2D eigenvalue weighted by Gasteiger charge is 2.03. The van der Waals surface area contributed by atoms with Crippen LogP contribution in [0.5, 0.6) is 5.75 Å². The molecule has 128 valence electrons. The zero-order chi connectivity index (χ0) is 17.2. The molecule has 1 aromatic carbocycles. The van der Waals surface area contributed by atoms with Crippen LogP contribution in [0.15, 0.2) is 47.6 Å². The van der Waals surface area contributed by atoms with E-state index in [0.717, 1.165) is 35.1 Å². The van der Waals surface area contributed by atoms with E-state index in [2.05, 4.69) is 46.6 Å².